The number of thioether (sulfide) groups is 1. The lowest BCUT2D eigenvalue weighted by Gasteiger charge is -1.97. The number of aryl methyl sites for hydroxylation is 2. The Balaban J connectivity index is 2.01. The van der Waals surface area contributed by atoms with E-state index < -0.39 is 0 Å². The molecule has 0 aliphatic rings. The fourth-order valence-electron chi connectivity index (χ4n) is 1.22. The van der Waals surface area contributed by atoms with Gasteiger partial charge in [-0.25, -0.2) is 0 Å². The van der Waals surface area contributed by atoms with Gasteiger partial charge in [0.15, 0.2) is 0 Å². The van der Waals surface area contributed by atoms with Gasteiger partial charge in [-0.15, -0.1) is 0 Å². The second-order valence-corrected chi connectivity index (χ2v) is 4.96. The van der Waals surface area contributed by atoms with Crippen molar-refractivity contribution in [1.29, 1.82) is 0 Å². The number of halogens is 1. The van der Waals surface area contributed by atoms with E-state index in [1.165, 1.54) is 0 Å². The molecule has 0 unspecified atom stereocenters. The van der Waals surface area contributed by atoms with Gasteiger partial charge in [0.2, 0.25) is 0 Å². The van der Waals surface area contributed by atoms with E-state index in [-0.39, 0.29) is 0 Å². The van der Waals surface area contributed by atoms with Gasteiger partial charge in [0.05, 0.1) is 16.5 Å². The Labute approximate surface area is 100 Å². The third-order valence-corrected chi connectivity index (χ3v) is 3.33. The van der Waals surface area contributed by atoms with Crippen molar-refractivity contribution in [1.82, 2.24) is 14.9 Å². The maximum absolute atomic E-state index is 5.09. The first-order chi connectivity index (χ1) is 7.15. The van der Waals surface area contributed by atoms with E-state index in [0.29, 0.717) is 0 Å². The number of hydrogen-bond donors (Lipinski definition) is 0. The smallest absolute Gasteiger partial charge is 0.149 e. The van der Waals surface area contributed by atoms with Crippen molar-refractivity contribution >= 4 is 27.7 Å². The molecule has 15 heavy (non-hydrogen) atoms. The summed E-state index contributed by atoms with van der Waals surface area (Å²) in [6, 6.07) is 3.92. The second kappa shape index (κ2) is 4.40. The number of aromatic nitrogens is 3. The van der Waals surface area contributed by atoms with Gasteiger partial charge in [-0.05, 0) is 28.9 Å². The second-order valence-electron chi connectivity index (χ2n) is 3.15. The Morgan fingerprint density at radius 3 is 2.87 bits per heavy atom. The maximum atomic E-state index is 5.09. The molecule has 0 aliphatic heterocycles. The van der Waals surface area contributed by atoms with Crippen LogP contribution in [0.5, 0.6) is 0 Å². The van der Waals surface area contributed by atoms with E-state index in [1.807, 2.05) is 24.7 Å². The molecule has 0 fully saturated rings. The van der Waals surface area contributed by atoms with Crippen molar-refractivity contribution in [2.24, 2.45) is 7.05 Å². The van der Waals surface area contributed by atoms with Crippen LogP contribution in [0.4, 0.5) is 0 Å². The molecule has 0 N–H and O–H groups in total. The number of hydrogen-bond acceptors (Lipinski definition) is 4. The molecule has 0 aliphatic carbocycles. The van der Waals surface area contributed by atoms with Crippen LogP contribution in [0.15, 0.2) is 26.3 Å². The number of rotatable bonds is 3. The molecule has 4 nitrogen and oxygen atoms in total. The van der Waals surface area contributed by atoms with E-state index in [9.17, 15) is 0 Å². The zero-order valence-corrected chi connectivity index (χ0v) is 10.8. The normalized spacial score (nSPS) is 10.9. The van der Waals surface area contributed by atoms with Gasteiger partial charge in [-0.3, -0.25) is 4.68 Å². The minimum absolute atomic E-state index is 0.735. The van der Waals surface area contributed by atoms with Gasteiger partial charge in [0.25, 0.3) is 0 Å². The molecule has 6 heteroatoms. The van der Waals surface area contributed by atoms with Crippen LogP contribution in [0.2, 0.25) is 0 Å². The van der Waals surface area contributed by atoms with Crippen molar-refractivity contribution < 1.29 is 4.52 Å². The van der Waals surface area contributed by atoms with Crippen LogP contribution < -0.4 is 0 Å². The Bertz CT molecular complexity index is 466. The van der Waals surface area contributed by atoms with E-state index in [4.69, 9.17) is 4.52 Å². The Morgan fingerprint density at radius 1 is 1.53 bits per heavy atom. The summed E-state index contributed by atoms with van der Waals surface area (Å²) in [7, 11) is 1.94. The predicted molar refractivity (Wildman–Crippen MR) is 61.7 cm³/mol. The van der Waals surface area contributed by atoms with Crippen molar-refractivity contribution in [2.45, 2.75) is 17.7 Å². The molecule has 0 saturated carbocycles. The Hall–Kier alpha value is -0.750. The third-order valence-electron chi connectivity index (χ3n) is 1.85. The molecule has 0 saturated heterocycles. The Kier molecular flexibility index (Phi) is 3.16. The van der Waals surface area contributed by atoms with E-state index in [1.54, 1.807) is 11.8 Å². The quantitative estimate of drug-likeness (QED) is 0.815. The molecule has 0 bridgehead atoms. The molecule has 80 valence electrons. The van der Waals surface area contributed by atoms with Gasteiger partial charge in [-0.1, -0.05) is 16.9 Å². The van der Waals surface area contributed by atoms with Crippen molar-refractivity contribution in [3.8, 4) is 0 Å². The van der Waals surface area contributed by atoms with E-state index in [2.05, 4.69) is 32.3 Å². The average molecular weight is 288 g/mol. The molecule has 2 aromatic rings. The van der Waals surface area contributed by atoms with Crippen LogP contribution in [0.1, 0.15) is 11.5 Å². The predicted octanol–water partition coefficient (Wildman–Crippen LogP) is 2.77. The summed E-state index contributed by atoms with van der Waals surface area (Å²) >= 11 is 4.93. The third kappa shape index (κ3) is 2.63. The highest BCUT2D eigenvalue weighted by Crippen LogP contribution is 2.24. The average Bonchev–Trinajstić information content (AvgIpc) is 2.70. The van der Waals surface area contributed by atoms with Crippen LogP contribution in [-0.4, -0.2) is 14.9 Å². The fourth-order valence-corrected chi connectivity index (χ4v) is 2.46. The molecular weight excluding hydrogens is 278 g/mol. The summed E-state index contributed by atoms with van der Waals surface area (Å²) in [5, 5.41) is 9.16. The lowest BCUT2D eigenvalue weighted by molar-refractivity contribution is 0.391. The molecular formula is C9H10BrN3OS. The van der Waals surface area contributed by atoms with Crippen molar-refractivity contribution in [3.05, 3.63) is 28.2 Å². The molecule has 2 aromatic heterocycles. The SMILES string of the molecule is Cc1cc(SCc2cc(Br)no2)n(C)n1. The highest BCUT2D eigenvalue weighted by molar-refractivity contribution is 9.10. The van der Waals surface area contributed by atoms with Crippen molar-refractivity contribution in [3.63, 3.8) is 0 Å². The van der Waals surface area contributed by atoms with Crippen LogP contribution in [0.25, 0.3) is 0 Å². The van der Waals surface area contributed by atoms with Gasteiger partial charge in [0.1, 0.15) is 10.4 Å². The van der Waals surface area contributed by atoms with E-state index >= 15 is 0 Å². The highest BCUT2D eigenvalue weighted by atomic mass is 79.9. The molecule has 0 amide bonds. The molecule has 2 rings (SSSR count). The summed E-state index contributed by atoms with van der Waals surface area (Å²) in [5.41, 5.74) is 1.03. The van der Waals surface area contributed by atoms with Gasteiger partial charge >= 0.3 is 0 Å². The van der Waals surface area contributed by atoms with E-state index in [0.717, 1.165) is 26.8 Å². The lowest BCUT2D eigenvalue weighted by atomic mass is 10.5. The summed E-state index contributed by atoms with van der Waals surface area (Å²) in [6.07, 6.45) is 0. The van der Waals surface area contributed by atoms with Crippen LogP contribution in [0, 0.1) is 6.92 Å². The minimum Gasteiger partial charge on any atom is -0.359 e. The molecule has 0 radical (unpaired) electrons. The van der Waals surface area contributed by atoms with Crippen LogP contribution in [0.3, 0.4) is 0 Å². The fraction of sp³-hybridized carbons (Fsp3) is 0.333. The first-order valence-corrected chi connectivity index (χ1v) is 6.17. The molecule has 2 heterocycles. The standard InChI is InChI=1S/C9H10BrN3OS/c1-6-3-9(13(2)11-6)15-5-7-4-8(10)12-14-7/h3-4H,5H2,1-2H3. The molecule has 0 atom stereocenters. The maximum Gasteiger partial charge on any atom is 0.149 e. The summed E-state index contributed by atoms with van der Waals surface area (Å²) in [5.74, 6) is 1.61. The van der Waals surface area contributed by atoms with Crippen molar-refractivity contribution in [2.75, 3.05) is 0 Å². The van der Waals surface area contributed by atoms with Gasteiger partial charge in [0, 0.05) is 13.1 Å². The summed E-state index contributed by atoms with van der Waals surface area (Å²) in [6.45, 7) is 1.98. The van der Waals surface area contributed by atoms with Crippen LogP contribution in [-0.2, 0) is 12.8 Å². The number of nitrogens with zero attached hydrogens (tertiary/aromatic N) is 3. The zero-order chi connectivity index (χ0) is 10.8. The zero-order valence-electron chi connectivity index (χ0n) is 8.40. The lowest BCUT2D eigenvalue weighted by Crippen LogP contribution is -1.92. The monoisotopic (exact) mass is 287 g/mol. The van der Waals surface area contributed by atoms with Gasteiger partial charge < -0.3 is 4.52 Å². The summed E-state index contributed by atoms with van der Waals surface area (Å²) < 4.78 is 7.69. The summed E-state index contributed by atoms with van der Waals surface area (Å²) in [4.78, 5) is 0. The topological polar surface area (TPSA) is 43.9 Å². The Morgan fingerprint density at radius 2 is 2.33 bits per heavy atom. The molecule has 0 aromatic carbocycles. The van der Waals surface area contributed by atoms with Gasteiger partial charge in [-0.2, -0.15) is 5.10 Å². The van der Waals surface area contributed by atoms with Crippen LogP contribution >= 0.6 is 27.7 Å². The largest absolute Gasteiger partial charge is 0.359 e. The minimum atomic E-state index is 0.735. The highest BCUT2D eigenvalue weighted by Gasteiger charge is 2.06. The molecule has 0 spiro atoms. The first kappa shape index (κ1) is 10.8. The first-order valence-electron chi connectivity index (χ1n) is 4.39.